The van der Waals surface area contributed by atoms with E-state index in [0.717, 1.165) is 54.7 Å². The second kappa shape index (κ2) is 7.42. The quantitative estimate of drug-likeness (QED) is 0.887. The van der Waals surface area contributed by atoms with Crippen LogP contribution < -0.4 is 5.32 Å². The number of anilines is 1. The number of nitrogens with one attached hydrogen (secondary N) is 1. The van der Waals surface area contributed by atoms with Gasteiger partial charge in [0.05, 0.1) is 24.5 Å². The summed E-state index contributed by atoms with van der Waals surface area (Å²) in [5.41, 5.74) is 1.89. The van der Waals surface area contributed by atoms with Gasteiger partial charge in [-0.25, -0.2) is 4.98 Å². The molecular formula is C16H23N5O2S. The highest BCUT2D eigenvalue weighted by atomic mass is 32.1. The van der Waals surface area contributed by atoms with Crippen molar-refractivity contribution in [3.8, 4) is 0 Å². The Bertz CT molecular complexity index is 684. The van der Waals surface area contributed by atoms with Gasteiger partial charge < -0.3 is 9.84 Å². The number of rotatable bonds is 5. The van der Waals surface area contributed by atoms with E-state index in [1.54, 1.807) is 0 Å². The Labute approximate surface area is 145 Å². The molecule has 130 valence electrons. The number of amides is 1. The van der Waals surface area contributed by atoms with Crippen LogP contribution in [0.5, 0.6) is 0 Å². The van der Waals surface area contributed by atoms with Gasteiger partial charge in [0.2, 0.25) is 5.91 Å². The molecule has 0 aromatic carbocycles. The fourth-order valence-electron chi connectivity index (χ4n) is 2.70. The van der Waals surface area contributed by atoms with Gasteiger partial charge in [0.1, 0.15) is 0 Å². The van der Waals surface area contributed by atoms with E-state index in [9.17, 15) is 4.79 Å². The molecule has 3 heterocycles. The maximum Gasteiger partial charge on any atom is 0.240 e. The van der Waals surface area contributed by atoms with Gasteiger partial charge >= 0.3 is 0 Å². The molecule has 2 aromatic heterocycles. The second-order valence-electron chi connectivity index (χ2n) is 6.20. The molecule has 2 aromatic rings. The number of piperazine rings is 1. The Morgan fingerprint density at radius 3 is 2.54 bits per heavy atom. The Kier molecular flexibility index (Phi) is 5.27. The average Bonchev–Trinajstić information content (AvgIpc) is 3.07. The van der Waals surface area contributed by atoms with Crippen molar-refractivity contribution in [2.45, 2.75) is 27.3 Å². The molecule has 3 rings (SSSR count). The number of thiazole rings is 1. The highest BCUT2D eigenvalue weighted by Crippen LogP contribution is 2.21. The first-order chi connectivity index (χ1) is 11.5. The lowest BCUT2D eigenvalue weighted by Crippen LogP contribution is -2.48. The standard InChI is InChI=1S/C16H23N5O2S/c1-11-8-14(23-19-11)9-20-4-6-21(7-5-20)10-15(22)18-16-17-12(2)13(3)24-16/h8H,4-7,9-10H2,1-3H3,(H,17,18,22). The van der Waals surface area contributed by atoms with Gasteiger partial charge in [0.15, 0.2) is 10.9 Å². The summed E-state index contributed by atoms with van der Waals surface area (Å²) in [6, 6.07) is 1.97. The molecule has 1 aliphatic heterocycles. The summed E-state index contributed by atoms with van der Waals surface area (Å²) in [6.07, 6.45) is 0. The molecule has 0 atom stereocenters. The fourth-order valence-corrected chi connectivity index (χ4v) is 3.54. The van der Waals surface area contributed by atoms with Crippen LogP contribution in [-0.4, -0.2) is 58.6 Å². The topological polar surface area (TPSA) is 74.5 Å². The first-order valence-corrected chi connectivity index (χ1v) is 8.92. The summed E-state index contributed by atoms with van der Waals surface area (Å²) < 4.78 is 5.26. The molecule has 0 aliphatic carbocycles. The van der Waals surface area contributed by atoms with Gasteiger partial charge in [0, 0.05) is 37.1 Å². The predicted molar refractivity (Wildman–Crippen MR) is 93.2 cm³/mol. The minimum Gasteiger partial charge on any atom is -0.360 e. The number of nitrogens with zero attached hydrogens (tertiary/aromatic N) is 4. The summed E-state index contributed by atoms with van der Waals surface area (Å²) in [5.74, 6) is 0.899. The highest BCUT2D eigenvalue weighted by molar-refractivity contribution is 7.15. The van der Waals surface area contributed by atoms with Crippen LogP contribution in [0.15, 0.2) is 10.6 Å². The molecule has 1 saturated heterocycles. The maximum absolute atomic E-state index is 12.2. The summed E-state index contributed by atoms with van der Waals surface area (Å²) in [7, 11) is 0. The van der Waals surface area contributed by atoms with Crippen molar-refractivity contribution in [3.05, 3.63) is 28.1 Å². The van der Waals surface area contributed by atoms with Crippen LogP contribution in [0.2, 0.25) is 0 Å². The number of hydrogen-bond donors (Lipinski definition) is 1. The summed E-state index contributed by atoms with van der Waals surface area (Å²) in [6.45, 7) is 10.7. The number of aromatic nitrogens is 2. The smallest absolute Gasteiger partial charge is 0.240 e. The molecule has 8 heteroatoms. The van der Waals surface area contributed by atoms with Crippen LogP contribution >= 0.6 is 11.3 Å². The van der Waals surface area contributed by atoms with Crippen molar-refractivity contribution >= 4 is 22.4 Å². The minimum atomic E-state index is 0.00283. The largest absolute Gasteiger partial charge is 0.360 e. The van der Waals surface area contributed by atoms with Crippen LogP contribution in [0.25, 0.3) is 0 Å². The van der Waals surface area contributed by atoms with Gasteiger partial charge in [-0.3, -0.25) is 14.6 Å². The predicted octanol–water partition coefficient (Wildman–Crippen LogP) is 1.81. The normalized spacial score (nSPS) is 16.5. The summed E-state index contributed by atoms with van der Waals surface area (Å²) in [4.78, 5) is 22.1. The fraction of sp³-hybridized carbons (Fsp3) is 0.562. The molecule has 0 bridgehead atoms. The first kappa shape index (κ1) is 17.1. The van der Waals surface area contributed by atoms with Gasteiger partial charge in [-0.05, 0) is 20.8 Å². The number of carbonyl (C=O) groups excluding carboxylic acids is 1. The van der Waals surface area contributed by atoms with Crippen LogP contribution in [0.1, 0.15) is 22.0 Å². The molecular weight excluding hydrogens is 326 g/mol. The zero-order valence-electron chi connectivity index (χ0n) is 14.3. The molecule has 1 N–H and O–H groups in total. The summed E-state index contributed by atoms with van der Waals surface area (Å²) in [5, 5.41) is 7.50. The Hall–Kier alpha value is -1.77. The van der Waals surface area contributed by atoms with E-state index in [1.807, 2.05) is 26.8 Å². The van der Waals surface area contributed by atoms with Crippen molar-refractivity contribution in [1.29, 1.82) is 0 Å². The number of aryl methyl sites for hydroxylation is 3. The first-order valence-electron chi connectivity index (χ1n) is 8.10. The van der Waals surface area contributed by atoms with Crippen LogP contribution in [-0.2, 0) is 11.3 Å². The van der Waals surface area contributed by atoms with Gasteiger partial charge in [-0.2, -0.15) is 0 Å². The van der Waals surface area contributed by atoms with Crippen molar-refractivity contribution < 1.29 is 9.32 Å². The van der Waals surface area contributed by atoms with Gasteiger partial charge in [0.25, 0.3) is 0 Å². The Morgan fingerprint density at radius 2 is 1.96 bits per heavy atom. The van der Waals surface area contributed by atoms with Crippen LogP contribution in [0.4, 0.5) is 5.13 Å². The van der Waals surface area contributed by atoms with Gasteiger partial charge in [-0.1, -0.05) is 5.16 Å². The molecule has 1 amide bonds. The SMILES string of the molecule is Cc1cc(CN2CCN(CC(=O)Nc3nc(C)c(C)s3)CC2)on1. The van der Waals surface area contributed by atoms with E-state index < -0.39 is 0 Å². The van der Waals surface area contributed by atoms with E-state index in [4.69, 9.17) is 4.52 Å². The third kappa shape index (κ3) is 4.40. The second-order valence-corrected chi connectivity index (χ2v) is 7.40. The van der Waals surface area contributed by atoms with E-state index in [0.29, 0.717) is 11.7 Å². The number of hydrogen-bond acceptors (Lipinski definition) is 7. The molecule has 1 fully saturated rings. The monoisotopic (exact) mass is 349 g/mol. The van der Waals surface area contributed by atoms with Crippen molar-refractivity contribution in [2.75, 3.05) is 38.0 Å². The van der Waals surface area contributed by atoms with E-state index >= 15 is 0 Å². The zero-order valence-corrected chi connectivity index (χ0v) is 15.2. The molecule has 0 radical (unpaired) electrons. The molecule has 7 nitrogen and oxygen atoms in total. The summed E-state index contributed by atoms with van der Waals surface area (Å²) >= 11 is 1.52. The van der Waals surface area contributed by atoms with Crippen molar-refractivity contribution in [3.63, 3.8) is 0 Å². The molecule has 0 spiro atoms. The molecule has 24 heavy (non-hydrogen) atoms. The number of carbonyl (C=O) groups is 1. The average molecular weight is 349 g/mol. The van der Waals surface area contributed by atoms with E-state index in [1.165, 1.54) is 11.3 Å². The molecule has 0 saturated carbocycles. The Morgan fingerprint density at radius 1 is 1.25 bits per heavy atom. The maximum atomic E-state index is 12.2. The van der Waals surface area contributed by atoms with Crippen LogP contribution in [0.3, 0.4) is 0 Å². The van der Waals surface area contributed by atoms with Crippen molar-refractivity contribution in [1.82, 2.24) is 19.9 Å². The van der Waals surface area contributed by atoms with E-state index in [-0.39, 0.29) is 5.91 Å². The minimum absolute atomic E-state index is 0.00283. The third-order valence-corrected chi connectivity index (χ3v) is 5.15. The molecule has 0 unspecified atom stereocenters. The lowest BCUT2D eigenvalue weighted by atomic mass is 10.3. The zero-order chi connectivity index (χ0) is 17.1. The van der Waals surface area contributed by atoms with Gasteiger partial charge in [-0.15, -0.1) is 11.3 Å². The third-order valence-electron chi connectivity index (χ3n) is 4.16. The van der Waals surface area contributed by atoms with Crippen LogP contribution in [0, 0.1) is 20.8 Å². The van der Waals surface area contributed by atoms with E-state index in [2.05, 4.69) is 25.3 Å². The van der Waals surface area contributed by atoms with Crippen molar-refractivity contribution in [2.24, 2.45) is 0 Å². The highest BCUT2D eigenvalue weighted by Gasteiger charge is 2.20. The lowest BCUT2D eigenvalue weighted by Gasteiger charge is -2.33. The molecule has 1 aliphatic rings. The Balaban J connectivity index is 1.42. The lowest BCUT2D eigenvalue weighted by molar-refractivity contribution is -0.117.